The summed E-state index contributed by atoms with van der Waals surface area (Å²) in [6.07, 6.45) is 1.75. The minimum Gasteiger partial charge on any atom is -0.462 e. The maximum Gasteiger partial charge on any atom is 0.342 e. The minimum atomic E-state index is -0.666. The Morgan fingerprint density at radius 3 is 2.61 bits per heavy atom. The van der Waals surface area contributed by atoms with E-state index in [-0.39, 0.29) is 29.1 Å². The van der Waals surface area contributed by atoms with Crippen LogP contribution in [-0.2, 0) is 4.74 Å². The number of rotatable bonds is 4. The smallest absolute Gasteiger partial charge is 0.342 e. The predicted octanol–water partition coefficient (Wildman–Crippen LogP) is 3.24. The molecule has 1 aromatic carbocycles. The van der Waals surface area contributed by atoms with Gasteiger partial charge in [0.25, 0.3) is 0 Å². The van der Waals surface area contributed by atoms with Crippen molar-refractivity contribution in [3.05, 3.63) is 41.2 Å². The van der Waals surface area contributed by atoms with Crippen LogP contribution in [0.5, 0.6) is 0 Å². The van der Waals surface area contributed by atoms with E-state index in [1.54, 1.807) is 13.2 Å². The van der Waals surface area contributed by atoms with Gasteiger partial charge < -0.3 is 10.5 Å². The summed E-state index contributed by atoms with van der Waals surface area (Å²) in [6, 6.07) is 7.48. The number of aromatic nitrogens is 1. The highest BCUT2D eigenvalue weighted by Crippen LogP contribution is 2.34. The first-order chi connectivity index (χ1) is 11.0. The summed E-state index contributed by atoms with van der Waals surface area (Å²) >= 11 is 1.24. The van der Waals surface area contributed by atoms with Crippen LogP contribution in [0.2, 0.25) is 0 Å². The van der Waals surface area contributed by atoms with Crippen LogP contribution in [0.4, 0.5) is 10.1 Å². The standard InChI is InChI=1S/C16H14FN3O2S/c1-3-22-16(21)12-13(19)11(8-18)15(23-2)20-14(12)9-4-6-10(17)7-5-9/h4-7H,3H2,1-2H3,(H2,19,20). The van der Waals surface area contributed by atoms with E-state index in [0.29, 0.717) is 10.6 Å². The van der Waals surface area contributed by atoms with Gasteiger partial charge in [-0.15, -0.1) is 11.8 Å². The molecule has 2 rings (SSSR count). The fourth-order valence-corrected chi connectivity index (χ4v) is 2.61. The van der Waals surface area contributed by atoms with Crippen LogP contribution in [0.25, 0.3) is 11.3 Å². The largest absolute Gasteiger partial charge is 0.462 e. The molecule has 23 heavy (non-hydrogen) atoms. The summed E-state index contributed by atoms with van der Waals surface area (Å²) in [5, 5.41) is 9.68. The maximum absolute atomic E-state index is 13.1. The summed E-state index contributed by atoms with van der Waals surface area (Å²) in [4.78, 5) is 16.6. The van der Waals surface area contributed by atoms with Gasteiger partial charge in [-0.1, -0.05) is 0 Å². The van der Waals surface area contributed by atoms with E-state index >= 15 is 0 Å². The molecule has 0 saturated carbocycles. The molecule has 118 valence electrons. The summed E-state index contributed by atoms with van der Waals surface area (Å²) < 4.78 is 18.2. The van der Waals surface area contributed by atoms with Crippen LogP contribution in [0.1, 0.15) is 22.8 Å². The number of carbonyl (C=O) groups is 1. The number of pyridine rings is 1. The highest BCUT2D eigenvalue weighted by molar-refractivity contribution is 7.98. The van der Waals surface area contributed by atoms with Gasteiger partial charge in [0.2, 0.25) is 0 Å². The van der Waals surface area contributed by atoms with E-state index in [9.17, 15) is 14.4 Å². The number of esters is 1. The van der Waals surface area contributed by atoms with Gasteiger partial charge in [0, 0.05) is 5.56 Å². The number of nitrogen functional groups attached to an aromatic ring is 1. The van der Waals surface area contributed by atoms with Crippen molar-refractivity contribution in [1.29, 1.82) is 5.26 Å². The molecule has 0 bridgehead atoms. The average Bonchev–Trinajstić information content (AvgIpc) is 2.54. The fourth-order valence-electron chi connectivity index (χ4n) is 2.06. The van der Waals surface area contributed by atoms with E-state index < -0.39 is 11.8 Å². The Morgan fingerprint density at radius 2 is 2.09 bits per heavy atom. The number of halogens is 1. The fraction of sp³-hybridized carbons (Fsp3) is 0.188. The molecule has 0 atom stereocenters. The lowest BCUT2D eigenvalue weighted by Gasteiger charge is -2.14. The molecule has 7 heteroatoms. The highest BCUT2D eigenvalue weighted by atomic mass is 32.2. The molecule has 5 nitrogen and oxygen atoms in total. The van der Waals surface area contributed by atoms with Gasteiger partial charge in [-0.25, -0.2) is 14.2 Å². The molecule has 0 fully saturated rings. The lowest BCUT2D eigenvalue weighted by atomic mass is 10.0. The Bertz CT molecular complexity index is 785. The van der Waals surface area contributed by atoms with Crippen molar-refractivity contribution >= 4 is 23.4 Å². The van der Waals surface area contributed by atoms with Crippen LogP contribution in [0.15, 0.2) is 29.3 Å². The molecule has 0 aliphatic carbocycles. The van der Waals surface area contributed by atoms with E-state index in [4.69, 9.17) is 10.5 Å². The number of ether oxygens (including phenoxy) is 1. The van der Waals surface area contributed by atoms with Crippen LogP contribution in [-0.4, -0.2) is 23.8 Å². The zero-order valence-electron chi connectivity index (χ0n) is 12.6. The molecule has 0 unspecified atom stereocenters. The van der Waals surface area contributed by atoms with Crippen molar-refractivity contribution in [2.75, 3.05) is 18.6 Å². The maximum atomic E-state index is 13.1. The molecular formula is C16H14FN3O2S. The molecule has 2 N–H and O–H groups in total. The molecular weight excluding hydrogens is 317 g/mol. The normalized spacial score (nSPS) is 10.2. The molecule has 0 aliphatic heterocycles. The van der Waals surface area contributed by atoms with Gasteiger partial charge in [0.15, 0.2) is 0 Å². The number of hydrogen-bond donors (Lipinski definition) is 1. The monoisotopic (exact) mass is 331 g/mol. The Morgan fingerprint density at radius 1 is 1.43 bits per heavy atom. The van der Waals surface area contributed by atoms with Crippen molar-refractivity contribution < 1.29 is 13.9 Å². The van der Waals surface area contributed by atoms with E-state index in [2.05, 4.69) is 4.98 Å². The first kappa shape index (κ1) is 16.8. The van der Waals surface area contributed by atoms with Gasteiger partial charge >= 0.3 is 5.97 Å². The summed E-state index contributed by atoms with van der Waals surface area (Å²) in [5.74, 6) is -1.07. The van der Waals surface area contributed by atoms with Crippen LogP contribution < -0.4 is 5.73 Å². The average molecular weight is 331 g/mol. The van der Waals surface area contributed by atoms with E-state index in [0.717, 1.165) is 0 Å². The Kier molecular flexibility index (Phi) is 5.19. The highest BCUT2D eigenvalue weighted by Gasteiger charge is 2.24. The SMILES string of the molecule is CCOC(=O)c1c(-c2ccc(F)cc2)nc(SC)c(C#N)c1N. The molecule has 0 spiro atoms. The number of nitriles is 1. The zero-order valence-corrected chi connectivity index (χ0v) is 13.4. The zero-order chi connectivity index (χ0) is 17.0. The van der Waals surface area contributed by atoms with Crippen molar-refractivity contribution in [2.24, 2.45) is 0 Å². The van der Waals surface area contributed by atoms with Gasteiger partial charge in [-0.3, -0.25) is 0 Å². The summed E-state index contributed by atoms with van der Waals surface area (Å²) in [7, 11) is 0. The lowest BCUT2D eigenvalue weighted by Crippen LogP contribution is -2.13. The third kappa shape index (κ3) is 3.27. The quantitative estimate of drug-likeness (QED) is 0.683. The topological polar surface area (TPSA) is 89.0 Å². The number of nitrogens with zero attached hydrogens (tertiary/aromatic N) is 2. The Labute approximate surface area is 137 Å². The molecule has 0 aliphatic rings. The van der Waals surface area contributed by atoms with E-state index in [1.807, 2.05) is 6.07 Å². The van der Waals surface area contributed by atoms with Crippen molar-refractivity contribution in [2.45, 2.75) is 11.9 Å². The second-order valence-corrected chi connectivity index (χ2v) is 5.27. The molecule has 0 radical (unpaired) electrons. The second kappa shape index (κ2) is 7.11. The van der Waals surface area contributed by atoms with Crippen molar-refractivity contribution in [1.82, 2.24) is 4.98 Å². The molecule has 0 saturated heterocycles. The number of nitrogens with two attached hydrogens (primary N) is 1. The Hall–Kier alpha value is -2.59. The first-order valence-electron chi connectivity index (χ1n) is 6.74. The van der Waals surface area contributed by atoms with E-state index in [1.165, 1.54) is 36.0 Å². The first-order valence-corrected chi connectivity index (χ1v) is 7.96. The lowest BCUT2D eigenvalue weighted by molar-refractivity contribution is 0.0528. The number of thioether (sulfide) groups is 1. The van der Waals surface area contributed by atoms with Crippen LogP contribution >= 0.6 is 11.8 Å². The molecule has 1 heterocycles. The van der Waals surface area contributed by atoms with Gasteiger partial charge in [-0.2, -0.15) is 5.26 Å². The van der Waals surface area contributed by atoms with Crippen molar-refractivity contribution in [3.63, 3.8) is 0 Å². The number of carbonyl (C=O) groups excluding carboxylic acids is 1. The summed E-state index contributed by atoms with van der Waals surface area (Å²) in [5.41, 5.74) is 6.97. The van der Waals surface area contributed by atoms with Crippen LogP contribution in [0.3, 0.4) is 0 Å². The number of anilines is 1. The van der Waals surface area contributed by atoms with Gasteiger partial charge in [0.05, 0.1) is 18.0 Å². The van der Waals surface area contributed by atoms with Gasteiger partial charge in [-0.05, 0) is 37.4 Å². The predicted molar refractivity (Wildman–Crippen MR) is 86.5 cm³/mol. The molecule has 1 aromatic heterocycles. The number of benzene rings is 1. The third-order valence-electron chi connectivity index (χ3n) is 3.11. The van der Waals surface area contributed by atoms with Crippen molar-refractivity contribution in [3.8, 4) is 17.3 Å². The third-order valence-corrected chi connectivity index (χ3v) is 3.79. The van der Waals surface area contributed by atoms with Gasteiger partial charge in [0.1, 0.15) is 28.0 Å². The summed E-state index contributed by atoms with van der Waals surface area (Å²) in [6.45, 7) is 1.83. The second-order valence-electron chi connectivity index (χ2n) is 4.47. The minimum absolute atomic E-state index is 0.0182. The molecule has 2 aromatic rings. The molecule has 0 amide bonds. The Balaban J connectivity index is 2.77. The van der Waals surface area contributed by atoms with Crippen LogP contribution in [0, 0.1) is 17.1 Å². The number of hydrogen-bond acceptors (Lipinski definition) is 6.